The molecule has 0 N–H and O–H groups in total. The molecule has 126 valence electrons. The van der Waals surface area contributed by atoms with Gasteiger partial charge in [0.25, 0.3) is 5.91 Å². The molecule has 3 rings (SSSR count). The summed E-state index contributed by atoms with van der Waals surface area (Å²) in [5, 5.41) is 0. The minimum atomic E-state index is -0.205. The van der Waals surface area contributed by atoms with Crippen LogP contribution in [-0.4, -0.2) is 54.6 Å². The number of hydrogen-bond acceptors (Lipinski definition) is 5. The molecular weight excluding hydrogens is 304 g/mol. The van der Waals surface area contributed by atoms with Crippen LogP contribution in [0.3, 0.4) is 0 Å². The van der Waals surface area contributed by atoms with Crippen LogP contribution in [-0.2, 0) is 4.74 Å². The number of carbonyl (C=O) groups is 1. The van der Waals surface area contributed by atoms with Crippen LogP contribution in [0.1, 0.15) is 27.8 Å². The molecule has 0 aromatic carbocycles. The molecule has 2 aromatic heterocycles. The molecular formula is C18H22N4O2. The van der Waals surface area contributed by atoms with E-state index in [1.54, 1.807) is 24.5 Å². The van der Waals surface area contributed by atoms with E-state index >= 15 is 0 Å². The van der Waals surface area contributed by atoms with Gasteiger partial charge in [-0.05, 0) is 31.2 Å². The number of carbonyl (C=O) groups excluding carboxylic acids is 1. The summed E-state index contributed by atoms with van der Waals surface area (Å²) in [7, 11) is 4.00. The summed E-state index contributed by atoms with van der Waals surface area (Å²) in [6.07, 6.45) is 3.07. The van der Waals surface area contributed by atoms with Crippen molar-refractivity contribution in [3.63, 3.8) is 0 Å². The number of aromatic nitrogens is 2. The summed E-state index contributed by atoms with van der Waals surface area (Å²) in [5.74, 6) is 0.00573. The van der Waals surface area contributed by atoms with E-state index < -0.39 is 0 Å². The Morgan fingerprint density at radius 1 is 1.29 bits per heavy atom. The van der Waals surface area contributed by atoms with Crippen LogP contribution in [0.2, 0.25) is 0 Å². The molecule has 1 aliphatic rings. The Hall–Kier alpha value is -2.47. The normalized spacial score (nSPS) is 17.6. The van der Waals surface area contributed by atoms with Gasteiger partial charge in [-0.15, -0.1) is 0 Å². The van der Waals surface area contributed by atoms with Gasteiger partial charge in [-0.25, -0.2) is 0 Å². The molecule has 3 heterocycles. The van der Waals surface area contributed by atoms with E-state index in [1.165, 1.54) is 0 Å². The molecule has 0 aliphatic carbocycles. The highest BCUT2D eigenvalue weighted by Crippen LogP contribution is 2.25. The Balaban J connectivity index is 1.80. The predicted molar refractivity (Wildman–Crippen MR) is 92.1 cm³/mol. The van der Waals surface area contributed by atoms with E-state index in [1.807, 2.05) is 43.0 Å². The summed E-state index contributed by atoms with van der Waals surface area (Å²) >= 11 is 0. The Morgan fingerprint density at radius 3 is 2.75 bits per heavy atom. The highest BCUT2D eigenvalue weighted by atomic mass is 16.5. The summed E-state index contributed by atoms with van der Waals surface area (Å²) in [5.41, 5.74) is 3.54. The lowest BCUT2D eigenvalue weighted by molar-refractivity contribution is -0.0247. The first-order valence-corrected chi connectivity index (χ1v) is 8.01. The summed E-state index contributed by atoms with van der Waals surface area (Å²) in [4.78, 5) is 25.1. The molecule has 1 aliphatic heterocycles. The fourth-order valence-electron chi connectivity index (χ4n) is 2.79. The van der Waals surface area contributed by atoms with Crippen LogP contribution in [0.25, 0.3) is 0 Å². The zero-order valence-corrected chi connectivity index (χ0v) is 14.3. The number of aryl methyl sites for hydroxylation is 1. The predicted octanol–water partition coefficient (Wildman–Crippen LogP) is 2.06. The number of hydrogen-bond donors (Lipinski definition) is 0. The van der Waals surface area contributed by atoms with Crippen molar-refractivity contribution >= 4 is 11.6 Å². The second-order valence-corrected chi connectivity index (χ2v) is 6.13. The number of rotatable bonds is 3. The second kappa shape index (κ2) is 6.97. The molecule has 6 heteroatoms. The molecule has 1 fully saturated rings. The van der Waals surface area contributed by atoms with Gasteiger partial charge in [-0.2, -0.15) is 0 Å². The first-order chi connectivity index (χ1) is 11.5. The third-order valence-corrected chi connectivity index (χ3v) is 4.09. The molecule has 24 heavy (non-hydrogen) atoms. The van der Waals surface area contributed by atoms with Gasteiger partial charge >= 0.3 is 0 Å². The first kappa shape index (κ1) is 16.4. The Bertz CT molecular complexity index is 718. The van der Waals surface area contributed by atoms with Crippen molar-refractivity contribution < 1.29 is 9.53 Å². The van der Waals surface area contributed by atoms with Crippen LogP contribution >= 0.6 is 0 Å². The van der Waals surface area contributed by atoms with Crippen LogP contribution in [0, 0.1) is 6.92 Å². The summed E-state index contributed by atoms with van der Waals surface area (Å²) < 4.78 is 5.88. The van der Waals surface area contributed by atoms with Crippen molar-refractivity contribution in [2.45, 2.75) is 13.0 Å². The van der Waals surface area contributed by atoms with Gasteiger partial charge in [0.05, 0.1) is 18.8 Å². The standard InChI is InChI=1S/C18H22N4O2/c1-13-10-15(21(2)3)11-16(20-13)17-12-22(8-9-24-17)18(23)14-4-6-19-7-5-14/h4-7,10-11,17H,8-9,12H2,1-3H3/t17-/m0/s1. The maximum Gasteiger partial charge on any atom is 0.254 e. The maximum atomic E-state index is 12.6. The maximum absolute atomic E-state index is 12.6. The number of ether oxygens (including phenoxy) is 1. The van der Waals surface area contributed by atoms with Crippen molar-refractivity contribution in [2.24, 2.45) is 0 Å². The lowest BCUT2D eigenvalue weighted by Crippen LogP contribution is -2.42. The van der Waals surface area contributed by atoms with Crippen LogP contribution in [0.4, 0.5) is 5.69 Å². The average molecular weight is 326 g/mol. The minimum absolute atomic E-state index is 0.00573. The smallest absolute Gasteiger partial charge is 0.254 e. The van der Waals surface area contributed by atoms with Gasteiger partial charge in [0.1, 0.15) is 6.10 Å². The molecule has 0 unspecified atom stereocenters. The van der Waals surface area contributed by atoms with E-state index in [2.05, 4.69) is 9.97 Å². The van der Waals surface area contributed by atoms with E-state index in [4.69, 9.17) is 4.74 Å². The van der Waals surface area contributed by atoms with Crippen molar-refractivity contribution in [3.8, 4) is 0 Å². The molecule has 2 aromatic rings. The van der Waals surface area contributed by atoms with E-state index in [9.17, 15) is 4.79 Å². The zero-order valence-electron chi connectivity index (χ0n) is 14.3. The van der Waals surface area contributed by atoms with Gasteiger partial charge < -0.3 is 14.5 Å². The average Bonchev–Trinajstić information content (AvgIpc) is 2.61. The molecule has 1 amide bonds. The van der Waals surface area contributed by atoms with Crippen molar-refractivity contribution in [1.82, 2.24) is 14.9 Å². The quantitative estimate of drug-likeness (QED) is 0.864. The Morgan fingerprint density at radius 2 is 2.04 bits per heavy atom. The molecule has 0 radical (unpaired) electrons. The fourth-order valence-corrected chi connectivity index (χ4v) is 2.79. The zero-order chi connectivity index (χ0) is 17.1. The lowest BCUT2D eigenvalue weighted by Gasteiger charge is -2.33. The lowest BCUT2D eigenvalue weighted by atomic mass is 10.1. The number of amides is 1. The molecule has 6 nitrogen and oxygen atoms in total. The Labute approximate surface area is 142 Å². The topological polar surface area (TPSA) is 58.6 Å². The second-order valence-electron chi connectivity index (χ2n) is 6.13. The largest absolute Gasteiger partial charge is 0.378 e. The van der Waals surface area contributed by atoms with Gasteiger partial charge in [0.15, 0.2) is 0 Å². The van der Waals surface area contributed by atoms with Gasteiger partial charge in [-0.1, -0.05) is 0 Å². The summed E-state index contributed by atoms with van der Waals surface area (Å²) in [6, 6.07) is 7.54. The first-order valence-electron chi connectivity index (χ1n) is 8.01. The van der Waals surface area contributed by atoms with E-state index in [-0.39, 0.29) is 12.0 Å². The van der Waals surface area contributed by atoms with Crippen LogP contribution < -0.4 is 4.90 Å². The van der Waals surface area contributed by atoms with E-state index in [0.717, 1.165) is 17.1 Å². The number of nitrogens with zero attached hydrogens (tertiary/aromatic N) is 4. The third kappa shape index (κ3) is 3.54. The summed E-state index contributed by atoms with van der Waals surface area (Å²) in [6.45, 7) is 3.57. The third-order valence-electron chi connectivity index (χ3n) is 4.09. The van der Waals surface area contributed by atoms with Crippen LogP contribution in [0.5, 0.6) is 0 Å². The van der Waals surface area contributed by atoms with Crippen molar-refractivity contribution in [3.05, 3.63) is 53.6 Å². The highest BCUT2D eigenvalue weighted by Gasteiger charge is 2.27. The fraction of sp³-hybridized carbons (Fsp3) is 0.389. The molecule has 0 bridgehead atoms. The monoisotopic (exact) mass is 326 g/mol. The van der Waals surface area contributed by atoms with Gasteiger partial charge in [-0.3, -0.25) is 14.8 Å². The SMILES string of the molecule is Cc1cc(N(C)C)cc([C@@H]2CN(C(=O)c3ccncc3)CCO2)n1. The number of morpholine rings is 1. The highest BCUT2D eigenvalue weighted by molar-refractivity contribution is 5.94. The van der Waals surface area contributed by atoms with Gasteiger partial charge in [0, 0.05) is 50.0 Å². The molecule has 0 spiro atoms. The minimum Gasteiger partial charge on any atom is -0.378 e. The number of anilines is 1. The molecule has 1 atom stereocenters. The van der Waals surface area contributed by atoms with Gasteiger partial charge in [0.2, 0.25) is 0 Å². The Kier molecular flexibility index (Phi) is 4.76. The number of pyridine rings is 2. The van der Waals surface area contributed by atoms with Crippen LogP contribution in [0.15, 0.2) is 36.7 Å². The van der Waals surface area contributed by atoms with Crippen molar-refractivity contribution in [2.75, 3.05) is 38.7 Å². The molecule has 1 saturated heterocycles. The molecule has 0 saturated carbocycles. The van der Waals surface area contributed by atoms with Crippen molar-refractivity contribution in [1.29, 1.82) is 0 Å². The van der Waals surface area contributed by atoms with E-state index in [0.29, 0.717) is 25.3 Å².